The SMILES string of the molecule is CC(C)C(C)O.COCCN(CCOC)CCS(=O)(=O)c1ccc2cc(N3C(=O)c4ccc5c6ccc7c8c(ccc(c9ccc(c4c59)C3=O)c86)C(=O)N(C(C)CC(C)C)C7=O)ccc2c1.COCCO. The third-order valence-corrected chi connectivity index (χ3v) is 15.2. The molecular formula is C56H65N3O11S. The van der Waals surface area contributed by atoms with E-state index in [9.17, 15) is 27.6 Å². The molecule has 4 amide bonds. The van der Waals surface area contributed by atoms with Gasteiger partial charge in [0.05, 0.1) is 48.9 Å². The molecule has 2 atom stereocenters. The standard InChI is InChI=1S/C48H45N3O8S.C5H12O.C3H8O2/c1-27(2)24-28(3)50-45(52)37-14-10-33-35-12-16-39-44-40(17-13-36(42(35)44)34-11-15-38(46(50)53)43(37)41(33)34)48(55)51(47(39)54)31-8-6-30-26-32(9-7-29(30)25-31)60(56,57)23-20-49(18-21-58-4)19-22-59-5;1-4(2)5(3)6;1-5-3-2-4/h6-17,25-28H,18-24H2,1-5H3;4-6H,1-3H3;4H,2-3H2,1H3. The van der Waals surface area contributed by atoms with E-state index in [1.807, 2.05) is 49.9 Å². The fourth-order valence-electron chi connectivity index (χ4n) is 9.49. The van der Waals surface area contributed by atoms with Gasteiger partial charge in [0, 0.05) is 80.0 Å². The van der Waals surface area contributed by atoms with Gasteiger partial charge in [0.1, 0.15) is 0 Å². The van der Waals surface area contributed by atoms with Gasteiger partial charge in [0.15, 0.2) is 9.84 Å². The first-order valence-corrected chi connectivity index (χ1v) is 25.8. The lowest BCUT2D eigenvalue weighted by Gasteiger charge is -2.33. The zero-order chi connectivity index (χ0) is 51.5. The van der Waals surface area contributed by atoms with Crippen molar-refractivity contribution in [1.82, 2.24) is 9.80 Å². The molecule has 0 spiro atoms. The van der Waals surface area contributed by atoms with Gasteiger partial charge < -0.3 is 24.4 Å². The summed E-state index contributed by atoms with van der Waals surface area (Å²) in [5.41, 5.74) is 2.11. The Kier molecular flexibility index (Phi) is 16.6. The first kappa shape index (κ1) is 52.9. The van der Waals surface area contributed by atoms with E-state index in [0.717, 1.165) is 32.3 Å². The Hall–Kier alpha value is -5.91. The number of hydrogen-bond acceptors (Lipinski definition) is 12. The van der Waals surface area contributed by atoms with Crippen LogP contribution in [0.2, 0.25) is 0 Å². The van der Waals surface area contributed by atoms with Gasteiger partial charge in [-0.2, -0.15) is 0 Å². The number of carbonyl (C=O) groups excluding carboxylic acids is 4. The zero-order valence-corrected chi connectivity index (χ0v) is 42.9. The summed E-state index contributed by atoms with van der Waals surface area (Å²) in [4.78, 5) is 61.6. The minimum Gasteiger partial charge on any atom is -0.394 e. The molecule has 9 rings (SSSR count). The number of sulfone groups is 1. The summed E-state index contributed by atoms with van der Waals surface area (Å²) in [6.45, 7) is 14.9. The number of carbonyl (C=O) groups is 4. The second-order valence-corrected chi connectivity index (χ2v) is 21.2. The maximum absolute atomic E-state index is 14.4. The maximum atomic E-state index is 14.4. The van der Waals surface area contributed by atoms with Crippen molar-refractivity contribution >= 4 is 93.0 Å². The summed E-state index contributed by atoms with van der Waals surface area (Å²) in [6.07, 6.45) is 0.548. The van der Waals surface area contributed by atoms with Gasteiger partial charge >= 0.3 is 0 Å². The van der Waals surface area contributed by atoms with Crippen LogP contribution in [0.4, 0.5) is 5.69 Å². The van der Waals surface area contributed by atoms with E-state index in [2.05, 4.69) is 18.6 Å². The van der Waals surface area contributed by atoms with Crippen LogP contribution in [0.5, 0.6) is 0 Å². The molecule has 2 heterocycles. The predicted octanol–water partition coefficient (Wildman–Crippen LogP) is 8.74. The molecule has 376 valence electrons. The summed E-state index contributed by atoms with van der Waals surface area (Å²) in [7, 11) is 1.14. The summed E-state index contributed by atoms with van der Waals surface area (Å²) >= 11 is 0. The Morgan fingerprint density at radius 2 is 1.00 bits per heavy atom. The molecule has 2 aliphatic rings. The number of benzene rings is 7. The van der Waals surface area contributed by atoms with Crippen LogP contribution in [0, 0.1) is 11.8 Å². The van der Waals surface area contributed by atoms with E-state index in [1.54, 1.807) is 88.9 Å². The molecule has 0 bridgehead atoms. The Morgan fingerprint density at radius 3 is 1.41 bits per heavy atom. The highest BCUT2D eigenvalue weighted by atomic mass is 32.2. The van der Waals surface area contributed by atoms with Crippen molar-refractivity contribution in [2.45, 2.75) is 65.0 Å². The number of hydrogen-bond donors (Lipinski definition) is 2. The fraction of sp³-hybridized carbons (Fsp3) is 0.393. The lowest BCUT2D eigenvalue weighted by Crippen LogP contribution is -2.46. The molecule has 7 aromatic rings. The van der Waals surface area contributed by atoms with Crippen LogP contribution in [-0.2, 0) is 24.0 Å². The topological polar surface area (TPSA) is 180 Å². The van der Waals surface area contributed by atoms with E-state index in [-0.39, 0.29) is 41.2 Å². The molecule has 15 heteroatoms. The van der Waals surface area contributed by atoms with Crippen LogP contribution in [0.3, 0.4) is 0 Å². The molecule has 2 N–H and O–H groups in total. The summed E-state index contributed by atoms with van der Waals surface area (Å²) < 4.78 is 41.7. The Morgan fingerprint density at radius 1 is 0.563 bits per heavy atom. The van der Waals surface area contributed by atoms with Gasteiger partial charge in [0.2, 0.25) is 0 Å². The van der Waals surface area contributed by atoms with Crippen molar-refractivity contribution in [2.24, 2.45) is 11.8 Å². The van der Waals surface area contributed by atoms with E-state index in [1.165, 1.54) is 9.80 Å². The molecule has 2 unspecified atom stereocenters. The van der Waals surface area contributed by atoms with Gasteiger partial charge in [-0.15, -0.1) is 0 Å². The van der Waals surface area contributed by atoms with Gasteiger partial charge in [-0.3, -0.25) is 29.0 Å². The van der Waals surface area contributed by atoms with Gasteiger partial charge in [0.25, 0.3) is 23.6 Å². The van der Waals surface area contributed by atoms with Crippen molar-refractivity contribution < 1.29 is 52.0 Å². The van der Waals surface area contributed by atoms with Crippen LogP contribution in [-0.4, -0.2) is 137 Å². The van der Waals surface area contributed by atoms with Crippen LogP contribution < -0.4 is 4.90 Å². The quantitative estimate of drug-likeness (QED) is 0.0504. The number of anilines is 1. The molecule has 2 aliphatic heterocycles. The van der Waals surface area contributed by atoms with Gasteiger partial charge in [-0.1, -0.05) is 64.1 Å². The highest BCUT2D eigenvalue weighted by Crippen LogP contribution is 2.47. The normalized spacial score (nSPS) is 14.7. The summed E-state index contributed by atoms with van der Waals surface area (Å²) in [5, 5.41) is 24.0. The average molecular weight is 988 g/mol. The number of amides is 4. The predicted molar refractivity (Wildman–Crippen MR) is 280 cm³/mol. The third kappa shape index (κ3) is 10.4. The summed E-state index contributed by atoms with van der Waals surface area (Å²) in [6, 6.07) is 24.5. The van der Waals surface area contributed by atoms with Crippen LogP contribution in [0.25, 0.3) is 53.9 Å². The van der Waals surface area contributed by atoms with Crippen LogP contribution in [0.15, 0.2) is 89.8 Å². The van der Waals surface area contributed by atoms with E-state index >= 15 is 0 Å². The first-order valence-electron chi connectivity index (χ1n) is 24.1. The minimum atomic E-state index is -3.63. The highest BCUT2D eigenvalue weighted by molar-refractivity contribution is 7.91. The molecular weight excluding hydrogens is 923 g/mol. The second-order valence-electron chi connectivity index (χ2n) is 19.1. The van der Waals surface area contributed by atoms with E-state index in [0.29, 0.717) is 107 Å². The first-order chi connectivity index (χ1) is 33.9. The molecule has 71 heavy (non-hydrogen) atoms. The number of ether oxygens (including phenoxy) is 3. The maximum Gasteiger partial charge on any atom is 0.265 e. The molecule has 0 aromatic heterocycles. The van der Waals surface area contributed by atoms with Crippen LogP contribution in [0.1, 0.15) is 89.4 Å². The van der Waals surface area contributed by atoms with Crippen molar-refractivity contribution in [2.75, 3.05) is 78.0 Å². The van der Waals surface area contributed by atoms with Crippen molar-refractivity contribution in [3.05, 3.63) is 107 Å². The average Bonchev–Trinajstić information content (AvgIpc) is 3.34. The second kappa shape index (κ2) is 22.2. The number of methoxy groups -OCH3 is 3. The van der Waals surface area contributed by atoms with E-state index < -0.39 is 21.7 Å². The minimum absolute atomic E-state index is 0.0754. The molecule has 0 aliphatic carbocycles. The number of imide groups is 2. The monoisotopic (exact) mass is 987 g/mol. The molecule has 0 saturated carbocycles. The molecule has 14 nitrogen and oxygen atoms in total. The summed E-state index contributed by atoms with van der Waals surface area (Å²) in [5.74, 6) is -0.897. The third-order valence-electron chi connectivity index (χ3n) is 13.5. The van der Waals surface area contributed by atoms with E-state index in [4.69, 9.17) is 19.7 Å². The fourth-order valence-corrected chi connectivity index (χ4v) is 10.8. The Balaban J connectivity index is 0.000000608. The molecule has 0 radical (unpaired) electrons. The Bertz CT molecular complexity index is 3100. The largest absolute Gasteiger partial charge is 0.394 e. The highest BCUT2D eigenvalue weighted by Gasteiger charge is 2.39. The van der Waals surface area contributed by atoms with Gasteiger partial charge in [-0.25, -0.2) is 13.3 Å². The number of rotatable bonds is 17. The van der Waals surface area contributed by atoms with Crippen LogP contribution >= 0.6 is 0 Å². The van der Waals surface area contributed by atoms with Crippen molar-refractivity contribution in [1.29, 1.82) is 0 Å². The van der Waals surface area contributed by atoms with Crippen molar-refractivity contribution in [3.8, 4) is 0 Å². The number of aliphatic hydroxyl groups excluding tert-OH is 2. The van der Waals surface area contributed by atoms with Crippen molar-refractivity contribution in [3.63, 3.8) is 0 Å². The number of aliphatic hydroxyl groups is 2. The zero-order valence-electron chi connectivity index (χ0n) is 42.1. The smallest absolute Gasteiger partial charge is 0.265 e. The molecule has 0 fully saturated rings. The number of nitrogens with zero attached hydrogens (tertiary/aromatic N) is 3. The lowest BCUT2D eigenvalue weighted by atomic mass is 9.82. The Labute approximate surface area is 415 Å². The molecule has 7 aromatic carbocycles. The van der Waals surface area contributed by atoms with Gasteiger partial charge in [-0.05, 0) is 124 Å². The lowest BCUT2D eigenvalue weighted by molar-refractivity contribution is 0.0534. The number of fused-ring (bicyclic) bond motifs is 3. The molecule has 0 saturated heterocycles.